The number of aldehydes is 1. The number of nitrogens with zero attached hydrogens (tertiary/aromatic N) is 2. The zero-order valence-electron chi connectivity index (χ0n) is 7.05. The Kier molecular flexibility index (Phi) is 2.08. The minimum Gasteiger partial charge on any atom is -0.339 e. The SMILES string of the molecule is O=C[CH]N1CN=Cc2ccccc21. The normalized spacial score (nSPS) is 14.0. The van der Waals surface area contributed by atoms with Gasteiger partial charge in [0.2, 0.25) is 0 Å². The standard InChI is InChI=1S/C10H9N2O/c13-6-5-12-8-11-7-9-3-1-2-4-10(9)12/h1-7H,8H2. The van der Waals surface area contributed by atoms with Gasteiger partial charge in [-0.1, -0.05) is 18.2 Å². The maximum atomic E-state index is 10.3. The molecule has 1 heterocycles. The summed E-state index contributed by atoms with van der Waals surface area (Å²) < 4.78 is 0. The van der Waals surface area contributed by atoms with Gasteiger partial charge in [0, 0.05) is 17.5 Å². The number of fused-ring (bicyclic) bond motifs is 1. The van der Waals surface area contributed by atoms with Crippen molar-refractivity contribution in [3.8, 4) is 0 Å². The van der Waals surface area contributed by atoms with Crippen molar-refractivity contribution in [1.29, 1.82) is 0 Å². The lowest BCUT2D eigenvalue weighted by atomic mass is 10.1. The lowest BCUT2D eigenvalue weighted by Gasteiger charge is -2.24. The molecule has 1 aromatic carbocycles. The average Bonchev–Trinajstić information content (AvgIpc) is 2.19. The summed E-state index contributed by atoms with van der Waals surface area (Å²) in [4.78, 5) is 16.3. The van der Waals surface area contributed by atoms with Crippen LogP contribution in [0, 0.1) is 6.54 Å². The minimum atomic E-state index is 0.524. The molecule has 65 valence electrons. The smallest absolute Gasteiger partial charge is 0.145 e. The van der Waals surface area contributed by atoms with Crippen LogP contribution < -0.4 is 4.90 Å². The van der Waals surface area contributed by atoms with E-state index in [9.17, 15) is 4.79 Å². The van der Waals surface area contributed by atoms with E-state index >= 15 is 0 Å². The Balaban J connectivity index is 2.37. The molecule has 1 radical (unpaired) electrons. The largest absolute Gasteiger partial charge is 0.339 e. The highest BCUT2D eigenvalue weighted by atomic mass is 16.1. The molecule has 0 spiro atoms. The topological polar surface area (TPSA) is 32.7 Å². The van der Waals surface area contributed by atoms with Crippen molar-refractivity contribution in [1.82, 2.24) is 0 Å². The molecular weight excluding hydrogens is 164 g/mol. The summed E-state index contributed by atoms with van der Waals surface area (Å²) in [7, 11) is 0. The van der Waals surface area contributed by atoms with Crippen LogP contribution in [0.3, 0.4) is 0 Å². The van der Waals surface area contributed by atoms with Crippen LogP contribution in [0.15, 0.2) is 29.3 Å². The third kappa shape index (κ3) is 1.45. The Hall–Kier alpha value is -1.64. The van der Waals surface area contributed by atoms with E-state index in [-0.39, 0.29) is 0 Å². The molecule has 0 aliphatic carbocycles. The summed E-state index contributed by atoms with van der Waals surface area (Å²) in [5.41, 5.74) is 2.08. The summed E-state index contributed by atoms with van der Waals surface area (Å²) in [6, 6.07) is 7.85. The Bertz CT molecular complexity index is 347. The number of anilines is 1. The van der Waals surface area contributed by atoms with E-state index in [1.807, 2.05) is 35.4 Å². The van der Waals surface area contributed by atoms with E-state index in [0.29, 0.717) is 6.67 Å². The van der Waals surface area contributed by atoms with E-state index < -0.39 is 0 Å². The third-order valence-electron chi connectivity index (χ3n) is 1.95. The molecule has 0 saturated heterocycles. The second kappa shape index (κ2) is 3.39. The molecule has 0 saturated carbocycles. The Morgan fingerprint density at radius 3 is 3.08 bits per heavy atom. The van der Waals surface area contributed by atoms with Gasteiger partial charge in [-0.2, -0.15) is 0 Å². The molecule has 0 aromatic heterocycles. The number of para-hydroxylation sites is 1. The van der Waals surface area contributed by atoms with E-state index in [0.717, 1.165) is 17.5 Å². The fourth-order valence-electron chi connectivity index (χ4n) is 1.36. The molecule has 13 heavy (non-hydrogen) atoms. The molecule has 3 nitrogen and oxygen atoms in total. The summed E-state index contributed by atoms with van der Waals surface area (Å²) in [6.45, 7) is 2.02. The Labute approximate surface area is 76.7 Å². The van der Waals surface area contributed by atoms with Crippen LogP contribution in [-0.4, -0.2) is 19.2 Å². The van der Waals surface area contributed by atoms with Gasteiger partial charge in [0.25, 0.3) is 0 Å². The van der Waals surface area contributed by atoms with Crippen LogP contribution in [0.2, 0.25) is 0 Å². The van der Waals surface area contributed by atoms with Crippen molar-refractivity contribution in [2.24, 2.45) is 4.99 Å². The molecule has 1 aliphatic rings. The molecule has 3 heteroatoms. The van der Waals surface area contributed by atoms with Gasteiger partial charge < -0.3 is 9.69 Å². The first-order valence-corrected chi connectivity index (χ1v) is 4.06. The predicted molar refractivity (Wildman–Crippen MR) is 51.7 cm³/mol. The number of hydrogen-bond donors (Lipinski definition) is 0. The van der Waals surface area contributed by atoms with Crippen LogP contribution >= 0.6 is 0 Å². The monoisotopic (exact) mass is 173 g/mol. The maximum Gasteiger partial charge on any atom is 0.145 e. The summed E-state index contributed by atoms with van der Waals surface area (Å²) >= 11 is 0. The lowest BCUT2D eigenvalue weighted by Crippen LogP contribution is -2.24. The average molecular weight is 173 g/mol. The van der Waals surface area contributed by atoms with Crippen molar-refractivity contribution in [3.05, 3.63) is 36.4 Å². The van der Waals surface area contributed by atoms with Gasteiger partial charge >= 0.3 is 0 Å². The highest BCUT2D eigenvalue weighted by molar-refractivity contribution is 5.91. The van der Waals surface area contributed by atoms with E-state index in [4.69, 9.17) is 0 Å². The van der Waals surface area contributed by atoms with Gasteiger partial charge in [0.15, 0.2) is 0 Å². The number of aliphatic imine (C=N–C) groups is 1. The van der Waals surface area contributed by atoms with Gasteiger partial charge in [0.05, 0.1) is 0 Å². The zero-order valence-corrected chi connectivity index (χ0v) is 7.05. The quantitative estimate of drug-likeness (QED) is 0.630. The summed E-state index contributed by atoms with van der Waals surface area (Å²) in [6.07, 6.45) is 2.60. The van der Waals surface area contributed by atoms with Crippen LogP contribution in [0.25, 0.3) is 0 Å². The predicted octanol–water partition coefficient (Wildman–Crippen LogP) is 1.24. The minimum absolute atomic E-state index is 0.524. The fraction of sp³-hybridized carbons (Fsp3) is 0.100. The van der Waals surface area contributed by atoms with Gasteiger partial charge in [0.1, 0.15) is 19.5 Å². The van der Waals surface area contributed by atoms with Crippen molar-refractivity contribution in [3.63, 3.8) is 0 Å². The second-order valence-electron chi connectivity index (χ2n) is 2.77. The number of carbonyl (C=O) groups excluding carboxylic acids is 1. The van der Waals surface area contributed by atoms with Crippen LogP contribution in [-0.2, 0) is 4.79 Å². The van der Waals surface area contributed by atoms with Gasteiger partial charge in [-0.3, -0.25) is 4.99 Å². The first kappa shape index (κ1) is 7.98. The first-order chi connectivity index (χ1) is 6.42. The lowest BCUT2D eigenvalue weighted by molar-refractivity contribution is -0.105. The molecule has 0 amide bonds. The molecule has 0 unspecified atom stereocenters. The van der Waals surface area contributed by atoms with Crippen molar-refractivity contribution in [2.45, 2.75) is 0 Å². The first-order valence-electron chi connectivity index (χ1n) is 4.06. The van der Waals surface area contributed by atoms with Crippen molar-refractivity contribution in [2.75, 3.05) is 11.6 Å². The van der Waals surface area contributed by atoms with Crippen LogP contribution in [0.1, 0.15) is 5.56 Å². The summed E-state index contributed by atoms with van der Waals surface area (Å²) in [5.74, 6) is 0. The zero-order chi connectivity index (χ0) is 9.10. The molecule has 1 aromatic rings. The molecule has 0 N–H and O–H groups in total. The number of benzene rings is 1. The van der Waals surface area contributed by atoms with Gasteiger partial charge in [-0.25, -0.2) is 0 Å². The molecule has 0 fully saturated rings. The highest BCUT2D eigenvalue weighted by Gasteiger charge is 2.11. The van der Waals surface area contributed by atoms with E-state index in [1.165, 1.54) is 6.54 Å². The van der Waals surface area contributed by atoms with Crippen LogP contribution in [0.4, 0.5) is 5.69 Å². The number of carbonyl (C=O) groups is 1. The number of hydrogen-bond acceptors (Lipinski definition) is 3. The second-order valence-corrected chi connectivity index (χ2v) is 2.77. The van der Waals surface area contributed by atoms with Gasteiger partial charge in [-0.15, -0.1) is 0 Å². The van der Waals surface area contributed by atoms with Crippen molar-refractivity contribution < 1.29 is 4.79 Å². The van der Waals surface area contributed by atoms with Crippen LogP contribution in [0.5, 0.6) is 0 Å². The molecule has 0 atom stereocenters. The van der Waals surface area contributed by atoms with E-state index in [2.05, 4.69) is 4.99 Å². The Morgan fingerprint density at radius 2 is 2.23 bits per heavy atom. The highest BCUT2D eigenvalue weighted by Crippen LogP contribution is 2.21. The van der Waals surface area contributed by atoms with Gasteiger partial charge in [-0.05, 0) is 6.07 Å². The maximum absolute atomic E-state index is 10.3. The molecular formula is C10H9N2O. The van der Waals surface area contributed by atoms with E-state index in [1.54, 1.807) is 0 Å². The van der Waals surface area contributed by atoms with Crippen molar-refractivity contribution >= 4 is 18.2 Å². The summed E-state index contributed by atoms with van der Waals surface area (Å²) in [5, 5.41) is 0. The Morgan fingerprint density at radius 1 is 1.38 bits per heavy atom. The molecule has 1 aliphatic heterocycles. The third-order valence-corrected chi connectivity index (χ3v) is 1.95. The molecule has 2 rings (SSSR count). The fourth-order valence-corrected chi connectivity index (χ4v) is 1.36. The number of rotatable bonds is 2. The molecule has 0 bridgehead atoms.